The molecule has 1 heterocycles. The van der Waals surface area contributed by atoms with Gasteiger partial charge in [-0.25, -0.2) is 0 Å². The van der Waals surface area contributed by atoms with E-state index in [0.717, 1.165) is 52.4 Å². The minimum absolute atomic E-state index is 0. The Kier molecular flexibility index (Phi) is 13.2. The SMILES string of the molecule is CCCN(CCC)C(=NN1CCN(C)CC1)N(CCC)CCC.Cl. The van der Waals surface area contributed by atoms with Crippen molar-refractivity contribution in [3.8, 4) is 0 Å². The summed E-state index contributed by atoms with van der Waals surface area (Å²) in [6, 6.07) is 0. The third kappa shape index (κ3) is 7.93. The minimum atomic E-state index is 0. The van der Waals surface area contributed by atoms with E-state index in [1.165, 1.54) is 31.6 Å². The normalized spacial score (nSPS) is 15.0. The van der Waals surface area contributed by atoms with E-state index in [1.54, 1.807) is 0 Å². The van der Waals surface area contributed by atoms with E-state index in [9.17, 15) is 0 Å². The lowest BCUT2D eigenvalue weighted by Gasteiger charge is -2.37. The molecule has 1 rings (SSSR count). The molecule has 0 atom stereocenters. The largest absolute Gasteiger partial charge is 0.341 e. The fourth-order valence-electron chi connectivity index (χ4n) is 3.05. The van der Waals surface area contributed by atoms with Gasteiger partial charge in [-0.05, 0) is 32.7 Å². The maximum atomic E-state index is 5.12. The van der Waals surface area contributed by atoms with Crippen LogP contribution in [0.5, 0.6) is 0 Å². The average molecular weight is 362 g/mol. The Morgan fingerprint density at radius 3 is 1.46 bits per heavy atom. The van der Waals surface area contributed by atoms with E-state index in [2.05, 4.69) is 54.5 Å². The molecule has 0 aromatic rings. The van der Waals surface area contributed by atoms with Gasteiger partial charge in [0.2, 0.25) is 5.96 Å². The van der Waals surface area contributed by atoms with Crippen molar-refractivity contribution in [1.29, 1.82) is 0 Å². The van der Waals surface area contributed by atoms with Crippen LogP contribution < -0.4 is 0 Å². The maximum absolute atomic E-state index is 5.12. The fourth-order valence-corrected chi connectivity index (χ4v) is 3.05. The number of hydrogen-bond acceptors (Lipinski definition) is 3. The van der Waals surface area contributed by atoms with Gasteiger partial charge in [0.15, 0.2) is 0 Å². The first-order chi connectivity index (χ1) is 11.2. The number of piperazine rings is 1. The number of likely N-dealkylation sites (N-methyl/N-ethyl adjacent to an activating group) is 1. The molecule has 0 radical (unpaired) electrons. The molecule has 0 saturated carbocycles. The molecule has 144 valence electrons. The van der Waals surface area contributed by atoms with Gasteiger partial charge < -0.3 is 14.7 Å². The summed E-state index contributed by atoms with van der Waals surface area (Å²) < 4.78 is 0. The van der Waals surface area contributed by atoms with Gasteiger partial charge in [-0.3, -0.25) is 5.01 Å². The molecular formula is C18H40ClN5. The maximum Gasteiger partial charge on any atom is 0.219 e. The van der Waals surface area contributed by atoms with Crippen molar-refractivity contribution in [3.05, 3.63) is 0 Å². The first kappa shape index (κ1) is 23.3. The number of hydrogen-bond donors (Lipinski definition) is 0. The molecule has 24 heavy (non-hydrogen) atoms. The van der Waals surface area contributed by atoms with Crippen molar-refractivity contribution in [3.63, 3.8) is 0 Å². The van der Waals surface area contributed by atoms with Gasteiger partial charge in [0, 0.05) is 52.4 Å². The number of guanidine groups is 1. The fraction of sp³-hybridized carbons (Fsp3) is 0.944. The predicted octanol–water partition coefficient (Wildman–Crippen LogP) is 3.17. The second-order valence-electron chi connectivity index (χ2n) is 6.63. The first-order valence-electron chi connectivity index (χ1n) is 9.68. The monoisotopic (exact) mass is 361 g/mol. The molecule has 0 amide bonds. The van der Waals surface area contributed by atoms with Gasteiger partial charge >= 0.3 is 0 Å². The summed E-state index contributed by atoms with van der Waals surface area (Å²) in [4.78, 5) is 7.39. The first-order valence-corrected chi connectivity index (χ1v) is 9.68. The zero-order chi connectivity index (χ0) is 17.1. The van der Waals surface area contributed by atoms with Crippen LogP contribution in [0, 0.1) is 0 Å². The van der Waals surface area contributed by atoms with E-state index < -0.39 is 0 Å². The summed E-state index contributed by atoms with van der Waals surface area (Å²) >= 11 is 0. The Morgan fingerprint density at radius 2 is 1.12 bits per heavy atom. The highest BCUT2D eigenvalue weighted by molar-refractivity contribution is 5.85. The van der Waals surface area contributed by atoms with Crippen LogP contribution in [0.2, 0.25) is 0 Å². The molecule has 1 aliphatic rings. The minimum Gasteiger partial charge on any atom is -0.341 e. The van der Waals surface area contributed by atoms with Crippen LogP contribution in [0.25, 0.3) is 0 Å². The van der Waals surface area contributed by atoms with E-state index >= 15 is 0 Å². The van der Waals surface area contributed by atoms with E-state index in [-0.39, 0.29) is 12.4 Å². The van der Waals surface area contributed by atoms with Crippen LogP contribution in [0.4, 0.5) is 0 Å². The third-order valence-corrected chi connectivity index (χ3v) is 4.25. The molecule has 1 saturated heterocycles. The van der Waals surface area contributed by atoms with Gasteiger partial charge in [0.1, 0.15) is 0 Å². The Morgan fingerprint density at radius 1 is 0.750 bits per heavy atom. The second kappa shape index (κ2) is 13.6. The van der Waals surface area contributed by atoms with Crippen molar-refractivity contribution >= 4 is 18.4 Å². The van der Waals surface area contributed by atoms with E-state index in [0.29, 0.717) is 0 Å². The van der Waals surface area contributed by atoms with Crippen LogP contribution >= 0.6 is 12.4 Å². The summed E-state index contributed by atoms with van der Waals surface area (Å²) in [6.45, 7) is 17.8. The highest BCUT2D eigenvalue weighted by atomic mass is 35.5. The van der Waals surface area contributed by atoms with Crippen molar-refractivity contribution in [2.45, 2.75) is 53.4 Å². The lowest BCUT2D eigenvalue weighted by Crippen LogP contribution is -2.49. The average Bonchev–Trinajstić information content (AvgIpc) is 2.54. The Hall–Kier alpha value is -0.680. The van der Waals surface area contributed by atoms with Gasteiger partial charge in [0.25, 0.3) is 0 Å². The van der Waals surface area contributed by atoms with E-state index in [4.69, 9.17) is 5.10 Å². The van der Waals surface area contributed by atoms with Crippen molar-refractivity contribution in [2.75, 3.05) is 59.4 Å². The quantitative estimate of drug-likeness (QED) is 0.465. The molecule has 6 heteroatoms. The second-order valence-corrected chi connectivity index (χ2v) is 6.63. The zero-order valence-electron chi connectivity index (χ0n) is 16.6. The Bertz CT molecular complexity index is 299. The number of nitrogens with zero attached hydrogens (tertiary/aromatic N) is 5. The summed E-state index contributed by atoms with van der Waals surface area (Å²) in [5.74, 6) is 1.21. The molecule has 1 fully saturated rings. The van der Waals surface area contributed by atoms with Crippen LogP contribution in [0.15, 0.2) is 5.10 Å². The summed E-state index contributed by atoms with van der Waals surface area (Å²) in [5.41, 5.74) is 0. The van der Waals surface area contributed by atoms with E-state index in [1.807, 2.05) is 0 Å². The molecule has 5 nitrogen and oxygen atoms in total. The molecule has 0 spiro atoms. The smallest absolute Gasteiger partial charge is 0.219 e. The van der Waals surface area contributed by atoms with Gasteiger partial charge in [-0.1, -0.05) is 27.7 Å². The molecule has 0 aliphatic carbocycles. The highest BCUT2D eigenvalue weighted by Crippen LogP contribution is 2.09. The highest BCUT2D eigenvalue weighted by Gasteiger charge is 2.20. The topological polar surface area (TPSA) is 25.3 Å². The van der Waals surface area contributed by atoms with Gasteiger partial charge in [-0.2, -0.15) is 0 Å². The molecule has 0 aromatic heterocycles. The number of rotatable bonds is 9. The van der Waals surface area contributed by atoms with Crippen LogP contribution in [0.3, 0.4) is 0 Å². The Labute approximate surface area is 156 Å². The number of halogens is 1. The Balaban J connectivity index is 0.00000529. The molecule has 0 aromatic carbocycles. The summed E-state index contributed by atoms with van der Waals surface area (Å²) in [6.07, 6.45) is 4.70. The van der Waals surface area contributed by atoms with Crippen molar-refractivity contribution < 1.29 is 0 Å². The molecule has 0 bridgehead atoms. The molecular weight excluding hydrogens is 322 g/mol. The van der Waals surface area contributed by atoms with Crippen LogP contribution in [-0.4, -0.2) is 85.1 Å². The molecule has 0 unspecified atom stereocenters. The van der Waals surface area contributed by atoms with Crippen LogP contribution in [-0.2, 0) is 0 Å². The van der Waals surface area contributed by atoms with Gasteiger partial charge in [-0.15, -0.1) is 17.5 Å². The molecule has 0 N–H and O–H groups in total. The number of hydrazone groups is 1. The summed E-state index contributed by atoms with van der Waals surface area (Å²) in [5, 5.41) is 7.40. The lowest BCUT2D eigenvalue weighted by molar-refractivity contribution is 0.151. The van der Waals surface area contributed by atoms with Crippen molar-refractivity contribution in [2.24, 2.45) is 5.10 Å². The summed E-state index contributed by atoms with van der Waals surface area (Å²) in [7, 11) is 2.20. The standard InChI is InChI=1S/C18H39N5.ClH/c1-6-10-21(11-7-2)18(22(12-8-3)13-9-4)19-23-16-14-20(5)15-17-23;/h6-17H2,1-5H3;1H. The van der Waals surface area contributed by atoms with Crippen LogP contribution in [0.1, 0.15) is 53.4 Å². The molecule has 1 aliphatic heterocycles. The third-order valence-electron chi connectivity index (χ3n) is 4.25. The van der Waals surface area contributed by atoms with Gasteiger partial charge in [0.05, 0.1) is 0 Å². The lowest BCUT2D eigenvalue weighted by atomic mass is 10.3. The predicted molar refractivity (Wildman–Crippen MR) is 108 cm³/mol. The van der Waals surface area contributed by atoms with Crippen molar-refractivity contribution in [1.82, 2.24) is 19.7 Å². The zero-order valence-corrected chi connectivity index (χ0v) is 17.4.